The van der Waals surface area contributed by atoms with Crippen LogP contribution in [0, 0.1) is 0 Å². The first-order valence-corrected chi connectivity index (χ1v) is 9.82. The van der Waals surface area contributed by atoms with Gasteiger partial charge in [-0.1, -0.05) is 23.2 Å². The molecule has 0 unspecified atom stereocenters. The Bertz CT molecular complexity index is 979. The summed E-state index contributed by atoms with van der Waals surface area (Å²) < 4.78 is 63.9. The Hall–Kier alpha value is -1.97. The van der Waals surface area contributed by atoms with Gasteiger partial charge < -0.3 is 5.32 Å². The molecule has 0 bridgehead atoms. The highest BCUT2D eigenvalue weighted by Gasteiger charge is 2.31. The van der Waals surface area contributed by atoms with Crippen molar-refractivity contribution in [1.29, 1.82) is 0 Å². The monoisotopic (exact) mass is 440 g/mol. The second kappa shape index (κ2) is 7.95. The number of anilines is 2. The molecule has 0 saturated heterocycles. The maximum Gasteiger partial charge on any atom is 0.416 e. The number of sulfonamides is 1. The van der Waals surface area contributed by atoms with Gasteiger partial charge in [-0.2, -0.15) is 13.2 Å². The highest BCUT2D eigenvalue weighted by atomic mass is 35.5. The fraction of sp³-hybridized carbons (Fsp3) is 0.188. The topological polar surface area (TPSA) is 75.3 Å². The van der Waals surface area contributed by atoms with Crippen LogP contribution in [0.4, 0.5) is 24.5 Å². The maximum atomic E-state index is 12.7. The van der Waals surface area contributed by atoms with Crippen molar-refractivity contribution in [3.05, 3.63) is 57.6 Å². The van der Waals surface area contributed by atoms with E-state index in [4.69, 9.17) is 23.2 Å². The molecule has 2 N–H and O–H groups in total. The number of carbonyl (C=O) groups is 1. The summed E-state index contributed by atoms with van der Waals surface area (Å²) in [6.07, 6.45) is -4.58. The summed E-state index contributed by atoms with van der Waals surface area (Å²) in [5, 5.41) is 2.19. The van der Waals surface area contributed by atoms with E-state index in [2.05, 4.69) is 10.0 Å². The Balaban J connectivity index is 2.35. The highest BCUT2D eigenvalue weighted by Crippen LogP contribution is 2.34. The molecular weight excluding hydrogens is 428 g/mol. The van der Waals surface area contributed by atoms with Crippen LogP contribution >= 0.6 is 23.2 Å². The van der Waals surface area contributed by atoms with Gasteiger partial charge in [-0.3, -0.25) is 9.52 Å². The normalized spacial score (nSPS) is 11.9. The van der Waals surface area contributed by atoms with Crippen LogP contribution in [0.25, 0.3) is 0 Å². The number of hydrogen-bond acceptors (Lipinski definition) is 3. The van der Waals surface area contributed by atoms with E-state index in [9.17, 15) is 26.4 Å². The van der Waals surface area contributed by atoms with Crippen LogP contribution in [0.15, 0.2) is 36.4 Å². The molecule has 0 heterocycles. The summed E-state index contributed by atoms with van der Waals surface area (Å²) in [5.74, 6) is -1.02. The first kappa shape index (κ1) is 21.3. The minimum atomic E-state index is -4.58. The molecule has 0 aromatic heterocycles. The molecule has 0 aliphatic rings. The fourth-order valence-electron chi connectivity index (χ4n) is 2.02. The average Bonchev–Trinajstić information content (AvgIpc) is 2.57. The van der Waals surface area contributed by atoms with E-state index in [-0.39, 0.29) is 32.7 Å². The van der Waals surface area contributed by atoms with E-state index in [1.807, 2.05) is 0 Å². The molecule has 0 saturated carbocycles. The number of hydrogen-bond donors (Lipinski definition) is 2. The van der Waals surface area contributed by atoms with Gasteiger partial charge in [-0.25, -0.2) is 8.42 Å². The second-order valence-electron chi connectivity index (χ2n) is 5.34. The van der Waals surface area contributed by atoms with Crippen LogP contribution in [-0.4, -0.2) is 20.1 Å². The Morgan fingerprint density at radius 1 is 1.07 bits per heavy atom. The van der Waals surface area contributed by atoms with Gasteiger partial charge >= 0.3 is 6.18 Å². The highest BCUT2D eigenvalue weighted by molar-refractivity contribution is 7.92. The Kier molecular flexibility index (Phi) is 6.28. The molecular formula is C16H13Cl2F3N2O3S. The van der Waals surface area contributed by atoms with Crippen LogP contribution in [0.3, 0.4) is 0 Å². The molecule has 2 aromatic rings. The Morgan fingerprint density at radius 2 is 1.70 bits per heavy atom. The van der Waals surface area contributed by atoms with Gasteiger partial charge in [0.05, 0.1) is 33.3 Å². The van der Waals surface area contributed by atoms with E-state index < -0.39 is 27.7 Å². The molecule has 146 valence electrons. The third kappa shape index (κ3) is 5.50. The molecule has 11 heteroatoms. The van der Waals surface area contributed by atoms with Gasteiger partial charge in [0.1, 0.15) is 0 Å². The second-order valence-corrected chi connectivity index (χ2v) is 8.20. The maximum absolute atomic E-state index is 12.7. The zero-order valence-electron chi connectivity index (χ0n) is 13.7. The van der Waals surface area contributed by atoms with Crippen LogP contribution in [-0.2, 0) is 16.2 Å². The molecule has 27 heavy (non-hydrogen) atoms. The number of halogens is 5. The third-order valence-corrected chi connectivity index (χ3v) is 5.26. The first-order chi connectivity index (χ1) is 12.4. The molecule has 1 amide bonds. The average molecular weight is 441 g/mol. The molecule has 0 spiro atoms. The van der Waals surface area contributed by atoms with Crippen molar-refractivity contribution in [2.24, 2.45) is 0 Å². The largest absolute Gasteiger partial charge is 0.416 e. The van der Waals surface area contributed by atoms with E-state index in [1.54, 1.807) is 0 Å². The molecule has 2 aromatic carbocycles. The van der Waals surface area contributed by atoms with Crippen molar-refractivity contribution >= 4 is 50.5 Å². The molecule has 0 aliphatic heterocycles. The van der Waals surface area contributed by atoms with Gasteiger partial charge in [-0.15, -0.1) is 0 Å². The summed E-state index contributed by atoms with van der Waals surface area (Å²) in [7, 11) is -3.67. The lowest BCUT2D eigenvalue weighted by molar-refractivity contribution is -0.137. The summed E-state index contributed by atoms with van der Waals surface area (Å²) in [4.78, 5) is 12.5. The third-order valence-electron chi connectivity index (χ3n) is 3.42. The SMILES string of the molecule is CCS(=O)(=O)Nc1ccc(Cl)cc1C(=O)Nc1ccc(C(F)(F)F)cc1Cl. The first-order valence-electron chi connectivity index (χ1n) is 7.41. The van der Waals surface area contributed by atoms with Crippen LogP contribution in [0.5, 0.6) is 0 Å². The molecule has 0 aliphatic carbocycles. The summed E-state index contributed by atoms with van der Waals surface area (Å²) >= 11 is 11.7. The predicted octanol–water partition coefficient (Wildman–Crippen LogP) is 5.03. The standard InChI is InChI=1S/C16H13Cl2F3N2O3S/c1-2-27(25,26)23-13-6-4-10(17)8-11(13)15(24)22-14-5-3-9(7-12(14)18)16(19,20)21/h3-8,23H,2H2,1H3,(H,22,24). The minimum Gasteiger partial charge on any atom is -0.321 e. The lowest BCUT2D eigenvalue weighted by Crippen LogP contribution is -2.19. The predicted molar refractivity (Wildman–Crippen MR) is 98.9 cm³/mol. The smallest absolute Gasteiger partial charge is 0.321 e. The van der Waals surface area contributed by atoms with Gasteiger partial charge in [0.15, 0.2) is 0 Å². The zero-order valence-corrected chi connectivity index (χ0v) is 16.0. The number of benzene rings is 2. The number of amides is 1. The lowest BCUT2D eigenvalue weighted by atomic mass is 10.1. The zero-order chi connectivity index (χ0) is 20.4. The van der Waals surface area contributed by atoms with Crippen molar-refractivity contribution in [3.63, 3.8) is 0 Å². The van der Waals surface area contributed by atoms with Crippen molar-refractivity contribution in [2.45, 2.75) is 13.1 Å². The Labute approximate surface area is 163 Å². The number of nitrogens with one attached hydrogen (secondary N) is 2. The summed E-state index contributed by atoms with van der Waals surface area (Å²) in [6, 6.07) is 6.36. The van der Waals surface area contributed by atoms with Crippen molar-refractivity contribution in [1.82, 2.24) is 0 Å². The van der Waals surface area contributed by atoms with Crippen LogP contribution in [0.2, 0.25) is 10.0 Å². The minimum absolute atomic E-state index is 0.0261. The van der Waals surface area contributed by atoms with Gasteiger partial charge in [0.2, 0.25) is 10.0 Å². The number of carbonyl (C=O) groups excluding carboxylic acids is 1. The summed E-state index contributed by atoms with van der Waals surface area (Å²) in [5.41, 5.74) is -1.18. The van der Waals surface area contributed by atoms with E-state index in [0.29, 0.717) is 6.07 Å². The Morgan fingerprint density at radius 3 is 2.26 bits per heavy atom. The molecule has 0 fully saturated rings. The van der Waals surface area contributed by atoms with Crippen molar-refractivity contribution in [2.75, 3.05) is 15.8 Å². The number of rotatable bonds is 5. The van der Waals surface area contributed by atoms with Crippen LogP contribution in [0.1, 0.15) is 22.8 Å². The lowest BCUT2D eigenvalue weighted by Gasteiger charge is -2.14. The number of alkyl halides is 3. The van der Waals surface area contributed by atoms with Gasteiger partial charge in [0, 0.05) is 5.02 Å². The van der Waals surface area contributed by atoms with Crippen molar-refractivity contribution < 1.29 is 26.4 Å². The van der Waals surface area contributed by atoms with E-state index in [1.165, 1.54) is 25.1 Å². The summed E-state index contributed by atoms with van der Waals surface area (Å²) in [6.45, 7) is 1.42. The molecule has 0 atom stereocenters. The molecule has 5 nitrogen and oxygen atoms in total. The molecule has 0 radical (unpaired) electrons. The molecule has 2 rings (SSSR count). The van der Waals surface area contributed by atoms with E-state index >= 15 is 0 Å². The quantitative estimate of drug-likeness (QED) is 0.684. The fourth-order valence-corrected chi connectivity index (χ4v) is 3.07. The van der Waals surface area contributed by atoms with Gasteiger partial charge in [-0.05, 0) is 43.3 Å². The van der Waals surface area contributed by atoms with E-state index in [0.717, 1.165) is 12.1 Å². The van der Waals surface area contributed by atoms with Crippen molar-refractivity contribution in [3.8, 4) is 0 Å². The van der Waals surface area contributed by atoms with Crippen LogP contribution < -0.4 is 10.0 Å². The van der Waals surface area contributed by atoms with Gasteiger partial charge in [0.25, 0.3) is 5.91 Å².